The Morgan fingerprint density at radius 2 is 1.53 bits per heavy atom. The van der Waals surface area contributed by atoms with Crippen LogP contribution in [0, 0.1) is 0 Å². The first-order valence-corrected chi connectivity index (χ1v) is 6.24. The van der Waals surface area contributed by atoms with Gasteiger partial charge in [-0.2, -0.15) is 0 Å². The van der Waals surface area contributed by atoms with Crippen LogP contribution in [0.15, 0.2) is 36.9 Å². The number of hydrogen-bond acceptors (Lipinski definition) is 4. The number of rotatable bonds is 7. The zero-order valence-corrected chi connectivity index (χ0v) is 11.1. The maximum atomic E-state index is 11.6. The van der Waals surface area contributed by atoms with Crippen molar-refractivity contribution in [3.8, 4) is 0 Å². The molecule has 0 N–H and O–H groups in total. The highest BCUT2D eigenvalue weighted by molar-refractivity contribution is 5.93. The Morgan fingerprint density at radius 1 is 1.05 bits per heavy atom. The molecular weight excluding hydrogens is 244 g/mol. The van der Waals surface area contributed by atoms with Crippen molar-refractivity contribution in [2.45, 2.75) is 19.8 Å². The van der Waals surface area contributed by atoms with Gasteiger partial charge in [0.25, 0.3) is 0 Å². The Balaban J connectivity index is 2.57. The van der Waals surface area contributed by atoms with Gasteiger partial charge in [-0.1, -0.05) is 13.0 Å². The van der Waals surface area contributed by atoms with Crippen LogP contribution in [0.1, 0.15) is 40.5 Å². The van der Waals surface area contributed by atoms with Crippen molar-refractivity contribution in [3.05, 3.63) is 48.0 Å². The van der Waals surface area contributed by atoms with Crippen LogP contribution in [-0.2, 0) is 9.47 Å². The second-order valence-electron chi connectivity index (χ2n) is 3.93. The molecule has 4 nitrogen and oxygen atoms in total. The second kappa shape index (κ2) is 8.08. The summed E-state index contributed by atoms with van der Waals surface area (Å²) in [6, 6.07) is 6.22. The summed E-state index contributed by atoms with van der Waals surface area (Å²) >= 11 is 0. The van der Waals surface area contributed by atoms with Crippen molar-refractivity contribution >= 4 is 11.9 Å². The van der Waals surface area contributed by atoms with E-state index in [-0.39, 0.29) is 5.97 Å². The van der Waals surface area contributed by atoms with Gasteiger partial charge in [0.05, 0.1) is 24.3 Å². The van der Waals surface area contributed by atoms with Crippen molar-refractivity contribution in [3.63, 3.8) is 0 Å². The fourth-order valence-corrected chi connectivity index (χ4v) is 1.34. The van der Waals surface area contributed by atoms with Crippen LogP contribution in [-0.4, -0.2) is 25.2 Å². The van der Waals surface area contributed by atoms with E-state index in [1.807, 2.05) is 6.92 Å². The summed E-state index contributed by atoms with van der Waals surface area (Å²) in [6.07, 6.45) is 3.08. The van der Waals surface area contributed by atoms with Gasteiger partial charge >= 0.3 is 11.9 Å². The lowest BCUT2D eigenvalue weighted by molar-refractivity contribution is 0.0493. The molecule has 1 rings (SSSR count). The molecule has 0 saturated carbocycles. The number of carbonyl (C=O) groups is 2. The normalized spacial score (nSPS) is 9.74. The van der Waals surface area contributed by atoms with Crippen LogP contribution in [0.25, 0.3) is 0 Å². The SMILES string of the molecule is C=CCCOC(=O)c1ccc(C(=O)OCCC)cc1. The largest absolute Gasteiger partial charge is 0.462 e. The zero-order valence-electron chi connectivity index (χ0n) is 11.1. The van der Waals surface area contributed by atoms with E-state index in [4.69, 9.17) is 9.47 Å². The topological polar surface area (TPSA) is 52.6 Å². The quantitative estimate of drug-likeness (QED) is 0.430. The maximum Gasteiger partial charge on any atom is 0.338 e. The summed E-state index contributed by atoms with van der Waals surface area (Å²) in [6.45, 7) is 6.17. The van der Waals surface area contributed by atoms with Gasteiger partial charge in [-0.15, -0.1) is 6.58 Å². The molecule has 1 aromatic carbocycles. The molecule has 0 amide bonds. The Bertz CT molecular complexity index is 434. The zero-order chi connectivity index (χ0) is 14.1. The van der Waals surface area contributed by atoms with Crippen LogP contribution < -0.4 is 0 Å². The Morgan fingerprint density at radius 3 is 1.95 bits per heavy atom. The molecule has 0 atom stereocenters. The van der Waals surface area contributed by atoms with E-state index in [2.05, 4.69) is 6.58 Å². The molecule has 0 aliphatic carbocycles. The minimum absolute atomic E-state index is 0.308. The molecule has 0 aliphatic heterocycles. The number of ether oxygens (including phenoxy) is 2. The monoisotopic (exact) mass is 262 g/mol. The lowest BCUT2D eigenvalue weighted by Crippen LogP contribution is -2.08. The highest BCUT2D eigenvalue weighted by atomic mass is 16.5. The molecule has 0 aliphatic rings. The third-order valence-electron chi connectivity index (χ3n) is 2.35. The first-order valence-electron chi connectivity index (χ1n) is 6.24. The highest BCUT2D eigenvalue weighted by Crippen LogP contribution is 2.08. The van der Waals surface area contributed by atoms with Gasteiger partial charge < -0.3 is 9.47 Å². The second-order valence-corrected chi connectivity index (χ2v) is 3.93. The Hall–Kier alpha value is -2.10. The van der Waals surface area contributed by atoms with Gasteiger partial charge in [0, 0.05) is 0 Å². The molecule has 102 valence electrons. The van der Waals surface area contributed by atoms with E-state index in [0.717, 1.165) is 6.42 Å². The molecule has 0 aromatic heterocycles. The van der Waals surface area contributed by atoms with Crippen LogP contribution >= 0.6 is 0 Å². The Labute approximate surface area is 113 Å². The van der Waals surface area contributed by atoms with Crippen LogP contribution in [0.3, 0.4) is 0 Å². The summed E-state index contributed by atoms with van der Waals surface area (Å²) in [5.74, 6) is -0.788. The van der Waals surface area contributed by atoms with Gasteiger partial charge in [-0.3, -0.25) is 0 Å². The molecule has 0 radical (unpaired) electrons. The summed E-state index contributed by atoms with van der Waals surface area (Å²) in [5.41, 5.74) is 0.840. The van der Waals surface area contributed by atoms with Crippen molar-refractivity contribution in [2.75, 3.05) is 13.2 Å². The molecule has 0 unspecified atom stereocenters. The molecule has 1 aromatic rings. The van der Waals surface area contributed by atoms with Gasteiger partial charge in [-0.25, -0.2) is 9.59 Å². The van der Waals surface area contributed by atoms with E-state index >= 15 is 0 Å². The minimum atomic E-state index is -0.407. The Kier molecular flexibility index (Phi) is 6.36. The average molecular weight is 262 g/mol. The van der Waals surface area contributed by atoms with E-state index in [1.165, 1.54) is 0 Å². The lowest BCUT2D eigenvalue weighted by atomic mass is 10.1. The molecule has 0 spiro atoms. The number of esters is 2. The summed E-state index contributed by atoms with van der Waals surface area (Å²) < 4.78 is 10.00. The smallest absolute Gasteiger partial charge is 0.338 e. The van der Waals surface area contributed by atoms with Crippen molar-refractivity contribution < 1.29 is 19.1 Å². The van der Waals surface area contributed by atoms with Gasteiger partial charge in [0.15, 0.2) is 0 Å². The number of benzene rings is 1. The third kappa shape index (κ3) is 4.95. The van der Waals surface area contributed by atoms with Gasteiger partial charge in [0.2, 0.25) is 0 Å². The number of hydrogen-bond donors (Lipinski definition) is 0. The third-order valence-corrected chi connectivity index (χ3v) is 2.35. The van der Waals surface area contributed by atoms with Crippen molar-refractivity contribution in [1.82, 2.24) is 0 Å². The van der Waals surface area contributed by atoms with Crippen molar-refractivity contribution in [2.24, 2.45) is 0 Å². The maximum absolute atomic E-state index is 11.6. The van der Waals surface area contributed by atoms with E-state index < -0.39 is 5.97 Å². The lowest BCUT2D eigenvalue weighted by Gasteiger charge is -2.05. The standard InChI is InChI=1S/C15H18O4/c1-3-5-11-19-15(17)13-8-6-12(7-9-13)14(16)18-10-4-2/h3,6-9H,1,4-5,10-11H2,2H3. The van der Waals surface area contributed by atoms with Crippen LogP contribution in [0.5, 0.6) is 0 Å². The molecule has 0 saturated heterocycles. The average Bonchev–Trinajstić information content (AvgIpc) is 2.45. The summed E-state index contributed by atoms with van der Waals surface area (Å²) in [5, 5.41) is 0. The van der Waals surface area contributed by atoms with Crippen LogP contribution in [0.2, 0.25) is 0 Å². The summed E-state index contributed by atoms with van der Waals surface area (Å²) in [4.78, 5) is 23.1. The first kappa shape index (κ1) is 15.0. The van der Waals surface area contributed by atoms with E-state index in [1.54, 1.807) is 30.3 Å². The van der Waals surface area contributed by atoms with E-state index in [0.29, 0.717) is 30.8 Å². The fraction of sp³-hybridized carbons (Fsp3) is 0.333. The first-order chi connectivity index (χ1) is 9.19. The number of carbonyl (C=O) groups excluding carboxylic acids is 2. The predicted molar refractivity (Wildman–Crippen MR) is 72.1 cm³/mol. The molecule has 0 heterocycles. The highest BCUT2D eigenvalue weighted by Gasteiger charge is 2.10. The van der Waals surface area contributed by atoms with Crippen LogP contribution in [0.4, 0.5) is 0 Å². The van der Waals surface area contributed by atoms with Gasteiger partial charge in [0.1, 0.15) is 0 Å². The molecular formula is C15H18O4. The minimum Gasteiger partial charge on any atom is -0.462 e. The molecule has 0 fully saturated rings. The predicted octanol–water partition coefficient (Wildman–Crippen LogP) is 2.99. The van der Waals surface area contributed by atoms with Gasteiger partial charge in [-0.05, 0) is 37.1 Å². The molecule has 19 heavy (non-hydrogen) atoms. The fourth-order valence-electron chi connectivity index (χ4n) is 1.34. The molecule has 0 bridgehead atoms. The van der Waals surface area contributed by atoms with E-state index in [9.17, 15) is 9.59 Å². The van der Waals surface area contributed by atoms with Crippen molar-refractivity contribution in [1.29, 1.82) is 0 Å². The molecule has 4 heteroatoms. The summed E-state index contributed by atoms with van der Waals surface area (Å²) in [7, 11) is 0.